The Bertz CT molecular complexity index is 623. The third-order valence-electron chi connectivity index (χ3n) is 4.26. The van der Waals surface area contributed by atoms with Crippen molar-refractivity contribution in [2.24, 2.45) is 5.41 Å². The van der Waals surface area contributed by atoms with Crippen molar-refractivity contribution in [2.75, 3.05) is 7.11 Å². The van der Waals surface area contributed by atoms with Gasteiger partial charge in [-0.3, -0.25) is 9.59 Å². The summed E-state index contributed by atoms with van der Waals surface area (Å²) in [6.07, 6.45) is 1.06. The molecule has 126 valence electrons. The fourth-order valence-corrected chi connectivity index (χ4v) is 2.91. The number of carboxylic acid groups (broad SMARTS) is 1. The molecule has 0 atom stereocenters. The molecule has 0 radical (unpaired) electrons. The molecule has 0 bridgehead atoms. The minimum atomic E-state index is -1.04. The first-order chi connectivity index (χ1) is 11.6. The number of ether oxygens (including phenoxy) is 1. The fourth-order valence-electron chi connectivity index (χ4n) is 2.91. The zero-order valence-electron chi connectivity index (χ0n) is 13.8. The Kier molecular flexibility index (Phi) is 6.13. The predicted octanol–water partition coefficient (Wildman–Crippen LogP) is 3.50. The Morgan fingerprint density at radius 2 is 1.38 bits per heavy atom. The molecule has 2 rings (SSSR count). The van der Waals surface area contributed by atoms with E-state index >= 15 is 0 Å². The Hall–Kier alpha value is -2.62. The van der Waals surface area contributed by atoms with Crippen molar-refractivity contribution in [3.05, 3.63) is 71.8 Å². The van der Waals surface area contributed by atoms with E-state index in [1.165, 1.54) is 7.11 Å². The number of methoxy groups -OCH3 is 1. The van der Waals surface area contributed by atoms with Gasteiger partial charge in [-0.25, -0.2) is 0 Å². The minimum Gasteiger partial charge on any atom is -0.481 e. The van der Waals surface area contributed by atoms with Gasteiger partial charge in [0.05, 0.1) is 12.5 Å². The molecule has 0 spiro atoms. The summed E-state index contributed by atoms with van der Waals surface area (Å²) in [5.74, 6) is -1.28. The highest BCUT2D eigenvalue weighted by atomic mass is 16.5. The van der Waals surface area contributed by atoms with Crippen LogP contribution in [0.4, 0.5) is 0 Å². The first kappa shape index (κ1) is 17.7. The fraction of sp³-hybridized carbons (Fsp3) is 0.300. The second-order valence-electron chi connectivity index (χ2n) is 5.99. The molecule has 24 heavy (non-hydrogen) atoms. The molecule has 0 aromatic heterocycles. The molecule has 0 heterocycles. The van der Waals surface area contributed by atoms with Crippen molar-refractivity contribution < 1.29 is 19.4 Å². The lowest BCUT2D eigenvalue weighted by atomic mass is 9.73. The van der Waals surface area contributed by atoms with Crippen LogP contribution in [-0.4, -0.2) is 24.2 Å². The summed E-state index contributed by atoms with van der Waals surface area (Å²) < 4.78 is 4.69. The van der Waals surface area contributed by atoms with Crippen molar-refractivity contribution in [1.29, 1.82) is 0 Å². The maximum absolute atomic E-state index is 12.2. The number of carbonyl (C=O) groups is 2. The molecule has 1 N–H and O–H groups in total. The number of rotatable bonds is 8. The number of aliphatic carboxylic acids is 1. The number of hydrogen-bond acceptors (Lipinski definition) is 3. The summed E-state index contributed by atoms with van der Waals surface area (Å²) in [5, 5.41) is 9.98. The van der Waals surface area contributed by atoms with Gasteiger partial charge in [0.2, 0.25) is 0 Å². The van der Waals surface area contributed by atoms with Gasteiger partial charge in [-0.05, 0) is 30.4 Å². The van der Waals surface area contributed by atoms with Gasteiger partial charge in [0.15, 0.2) is 0 Å². The Morgan fingerprint density at radius 1 is 0.917 bits per heavy atom. The van der Waals surface area contributed by atoms with Crippen molar-refractivity contribution >= 4 is 11.9 Å². The van der Waals surface area contributed by atoms with Crippen molar-refractivity contribution in [2.45, 2.75) is 25.7 Å². The number of hydrogen-bond donors (Lipinski definition) is 1. The van der Waals surface area contributed by atoms with Crippen LogP contribution in [0, 0.1) is 5.41 Å². The van der Waals surface area contributed by atoms with Gasteiger partial charge in [0, 0.05) is 6.42 Å². The van der Waals surface area contributed by atoms with E-state index in [4.69, 9.17) is 4.74 Å². The smallest absolute Gasteiger partial charge is 0.310 e. The highest BCUT2D eigenvalue weighted by Crippen LogP contribution is 2.34. The largest absolute Gasteiger partial charge is 0.481 e. The molecule has 0 saturated carbocycles. The van der Waals surface area contributed by atoms with Gasteiger partial charge in [0.25, 0.3) is 0 Å². The summed E-state index contributed by atoms with van der Waals surface area (Å²) in [6.45, 7) is 0. The summed E-state index contributed by atoms with van der Waals surface area (Å²) in [4.78, 5) is 23.7. The van der Waals surface area contributed by atoms with E-state index in [1.54, 1.807) is 0 Å². The Balaban J connectivity index is 2.31. The average Bonchev–Trinajstić information content (AvgIpc) is 2.61. The lowest BCUT2D eigenvalue weighted by Crippen LogP contribution is -2.36. The van der Waals surface area contributed by atoms with Crippen LogP contribution in [0.3, 0.4) is 0 Å². The highest BCUT2D eigenvalue weighted by molar-refractivity contribution is 5.77. The molecule has 0 saturated heterocycles. The van der Waals surface area contributed by atoms with Crippen LogP contribution < -0.4 is 0 Å². The molecular weight excluding hydrogens is 304 g/mol. The van der Waals surface area contributed by atoms with Gasteiger partial charge < -0.3 is 9.84 Å². The molecule has 0 aliphatic rings. The van der Waals surface area contributed by atoms with E-state index in [1.807, 2.05) is 60.7 Å². The number of carboxylic acids is 1. The van der Waals surface area contributed by atoms with Crippen LogP contribution in [0.15, 0.2) is 60.7 Å². The number of carbonyl (C=O) groups excluding carboxylic acids is 1. The summed E-state index contributed by atoms with van der Waals surface area (Å²) in [6, 6.07) is 19.0. The average molecular weight is 326 g/mol. The van der Waals surface area contributed by atoms with Crippen LogP contribution >= 0.6 is 0 Å². The third-order valence-corrected chi connectivity index (χ3v) is 4.26. The van der Waals surface area contributed by atoms with E-state index in [9.17, 15) is 14.7 Å². The Morgan fingerprint density at radius 3 is 1.75 bits per heavy atom. The van der Waals surface area contributed by atoms with Crippen LogP contribution in [0.1, 0.15) is 24.0 Å². The Labute approximate surface area is 142 Å². The summed E-state index contributed by atoms with van der Waals surface area (Å²) >= 11 is 0. The lowest BCUT2D eigenvalue weighted by Gasteiger charge is -2.29. The van der Waals surface area contributed by atoms with E-state index in [0.29, 0.717) is 12.8 Å². The van der Waals surface area contributed by atoms with Crippen molar-refractivity contribution in [3.8, 4) is 0 Å². The normalized spacial score (nSPS) is 11.0. The second kappa shape index (κ2) is 8.29. The van der Waals surface area contributed by atoms with Gasteiger partial charge >= 0.3 is 11.9 Å². The van der Waals surface area contributed by atoms with E-state index in [2.05, 4.69) is 0 Å². The molecule has 0 unspecified atom stereocenters. The molecule has 0 aliphatic heterocycles. The molecule has 4 heteroatoms. The first-order valence-electron chi connectivity index (χ1n) is 7.94. The topological polar surface area (TPSA) is 63.6 Å². The third kappa shape index (κ3) is 4.69. The first-order valence-corrected chi connectivity index (χ1v) is 7.94. The summed E-state index contributed by atoms with van der Waals surface area (Å²) in [5.41, 5.74) is 0.845. The SMILES string of the molecule is COC(=O)CCC(Cc1ccccc1)(Cc1ccccc1)C(=O)O. The lowest BCUT2D eigenvalue weighted by molar-refractivity contribution is -0.150. The second-order valence-corrected chi connectivity index (χ2v) is 5.99. The maximum Gasteiger partial charge on any atom is 0.310 e. The minimum absolute atomic E-state index is 0.0858. The predicted molar refractivity (Wildman–Crippen MR) is 91.6 cm³/mol. The van der Waals surface area contributed by atoms with Crippen LogP contribution in [0.2, 0.25) is 0 Å². The monoisotopic (exact) mass is 326 g/mol. The summed E-state index contributed by atoms with van der Waals surface area (Å²) in [7, 11) is 1.32. The van der Waals surface area contributed by atoms with Gasteiger partial charge in [0.1, 0.15) is 0 Å². The van der Waals surface area contributed by atoms with Gasteiger partial charge in [-0.1, -0.05) is 60.7 Å². The molecule has 2 aromatic rings. The zero-order valence-corrected chi connectivity index (χ0v) is 13.8. The van der Waals surface area contributed by atoms with E-state index in [-0.39, 0.29) is 18.8 Å². The zero-order chi connectivity index (χ0) is 17.4. The van der Waals surface area contributed by atoms with Crippen molar-refractivity contribution in [3.63, 3.8) is 0 Å². The maximum atomic E-state index is 12.2. The standard InChI is InChI=1S/C20H22O4/c1-24-18(21)12-13-20(19(22)23,14-16-8-4-2-5-9-16)15-17-10-6-3-7-11-17/h2-11H,12-15H2,1H3,(H,22,23). The molecule has 2 aromatic carbocycles. The van der Waals surface area contributed by atoms with Crippen LogP contribution in [0.5, 0.6) is 0 Å². The molecule has 0 amide bonds. The van der Waals surface area contributed by atoms with E-state index < -0.39 is 11.4 Å². The number of esters is 1. The highest BCUT2D eigenvalue weighted by Gasteiger charge is 2.39. The van der Waals surface area contributed by atoms with Crippen molar-refractivity contribution in [1.82, 2.24) is 0 Å². The van der Waals surface area contributed by atoms with Gasteiger partial charge in [-0.15, -0.1) is 0 Å². The number of benzene rings is 2. The molecule has 0 fully saturated rings. The quantitative estimate of drug-likeness (QED) is 0.754. The van der Waals surface area contributed by atoms with Crippen LogP contribution in [0.25, 0.3) is 0 Å². The van der Waals surface area contributed by atoms with Gasteiger partial charge in [-0.2, -0.15) is 0 Å². The molecular formula is C20H22O4. The molecule has 0 aliphatic carbocycles. The van der Waals surface area contributed by atoms with E-state index in [0.717, 1.165) is 11.1 Å². The molecule has 4 nitrogen and oxygen atoms in total. The van der Waals surface area contributed by atoms with Crippen LogP contribution in [-0.2, 0) is 27.2 Å².